The molecular formula is C15H23NO3. The summed E-state index contributed by atoms with van der Waals surface area (Å²) in [7, 11) is 0. The van der Waals surface area contributed by atoms with E-state index >= 15 is 0 Å². The first-order valence-corrected chi connectivity index (χ1v) is 7.58. The van der Waals surface area contributed by atoms with Gasteiger partial charge in [-0.2, -0.15) is 0 Å². The molecule has 4 heteroatoms. The third-order valence-electron chi connectivity index (χ3n) is 5.52. The topological polar surface area (TPSA) is 57.6 Å². The summed E-state index contributed by atoms with van der Waals surface area (Å²) in [5.41, 5.74) is -0.617. The van der Waals surface area contributed by atoms with Crippen LogP contribution in [-0.2, 0) is 9.59 Å². The summed E-state index contributed by atoms with van der Waals surface area (Å²) >= 11 is 0. The van der Waals surface area contributed by atoms with E-state index in [1.807, 2.05) is 0 Å². The fourth-order valence-corrected chi connectivity index (χ4v) is 4.49. The van der Waals surface area contributed by atoms with Crippen LogP contribution in [0.1, 0.15) is 64.2 Å². The van der Waals surface area contributed by atoms with Crippen LogP contribution in [0.25, 0.3) is 0 Å². The Morgan fingerprint density at radius 1 is 0.895 bits per heavy atom. The summed E-state index contributed by atoms with van der Waals surface area (Å²) in [5.74, 6) is -0.0665. The van der Waals surface area contributed by atoms with Gasteiger partial charge in [0.25, 0.3) is 0 Å². The fraction of sp³-hybridized carbons (Fsp3) is 0.867. The number of piperidine rings is 1. The molecule has 19 heavy (non-hydrogen) atoms. The third-order valence-corrected chi connectivity index (χ3v) is 5.52. The second-order valence-electron chi connectivity index (χ2n) is 6.77. The Hall–Kier alpha value is -0.900. The SMILES string of the molecule is O=C1CC2(CCCC2)CC(=O)N1C1(CO)CCCC1. The van der Waals surface area contributed by atoms with E-state index in [1.165, 1.54) is 4.90 Å². The number of amides is 2. The lowest BCUT2D eigenvalue weighted by Crippen LogP contribution is -2.59. The zero-order valence-corrected chi connectivity index (χ0v) is 11.5. The lowest BCUT2D eigenvalue weighted by Gasteiger charge is -2.45. The Morgan fingerprint density at radius 3 is 1.84 bits per heavy atom. The highest BCUT2D eigenvalue weighted by Crippen LogP contribution is 2.49. The van der Waals surface area contributed by atoms with Gasteiger partial charge in [-0.1, -0.05) is 25.7 Å². The predicted octanol–water partition coefficient (Wildman–Crippen LogP) is 2.00. The summed E-state index contributed by atoms with van der Waals surface area (Å²) in [5, 5.41) is 9.72. The summed E-state index contributed by atoms with van der Waals surface area (Å²) in [4.78, 5) is 26.5. The molecule has 1 saturated heterocycles. The number of hydrogen-bond donors (Lipinski definition) is 1. The minimum Gasteiger partial charge on any atom is -0.394 e. The number of hydrogen-bond acceptors (Lipinski definition) is 3. The Kier molecular flexibility index (Phi) is 3.16. The van der Waals surface area contributed by atoms with Gasteiger partial charge in [0.1, 0.15) is 0 Å². The molecule has 2 aliphatic carbocycles. The van der Waals surface area contributed by atoms with E-state index in [0.29, 0.717) is 12.8 Å². The van der Waals surface area contributed by atoms with Gasteiger partial charge in [0, 0.05) is 12.8 Å². The summed E-state index contributed by atoms with van der Waals surface area (Å²) < 4.78 is 0. The van der Waals surface area contributed by atoms with E-state index in [0.717, 1.165) is 51.4 Å². The molecule has 0 aromatic heterocycles. The maximum absolute atomic E-state index is 12.5. The number of carbonyl (C=O) groups excluding carboxylic acids is 2. The largest absolute Gasteiger partial charge is 0.394 e. The van der Waals surface area contributed by atoms with Crippen LogP contribution in [0.15, 0.2) is 0 Å². The van der Waals surface area contributed by atoms with Crippen molar-refractivity contribution < 1.29 is 14.7 Å². The fourth-order valence-electron chi connectivity index (χ4n) is 4.49. The molecule has 2 amide bonds. The quantitative estimate of drug-likeness (QED) is 0.777. The van der Waals surface area contributed by atoms with Crippen molar-refractivity contribution in [2.24, 2.45) is 5.41 Å². The normalized spacial score (nSPS) is 29.4. The van der Waals surface area contributed by atoms with Crippen LogP contribution >= 0.6 is 0 Å². The van der Waals surface area contributed by atoms with E-state index < -0.39 is 5.54 Å². The van der Waals surface area contributed by atoms with Gasteiger partial charge in [-0.25, -0.2) is 0 Å². The summed E-state index contributed by atoms with van der Waals surface area (Å²) in [6.45, 7) is -0.0719. The van der Waals surface area contributed by atoms with Crippen LogP contribution in [0.5, 0.6) is 0 Å². The van der Waals surface area contributed by atoms with Crippen molar-refractivity contribution in [2.75, 3.05) is 6.61 Å². The zero-order chi connectivity index (χ0) is 13.5. The lowest BCUT2D eigenvalue weighted by molar-refractivity contribution is -0.163. The molecule has 1 N–H and O–H groups in total. The Labute approximate surface area is 114 Å². The van der Waals surface area contributed by atoms with Gasteiger partial charge < -0.3 is 5.11 Å². The van der Waals surface area contributed by atoms with Crippen LogP contribution in [0.4, 0.5) is 0 Å². The second kappa shape index (κ2) is 4.58. The first-order valence-electron chi connectivity index (χ1n) is 7.58. The van der Waals surface area contributed by atoms with E-state index in [4.69, 9.17) is 0 Å². The average Bonchev–Trinajstić information content (AvgIpc) is 2.99. The van der Waals surface area contributed by atoms with Crippen molar-refractivity contribution >= 4 is 11.8 Å². The van der Waals surface area contributed by atoms with Crippen LogP contribution in [0, 0.1) is 5.41 Å². The number of aliphatic hydroxyl groups excluding tert-OH is 1. The zero-order valence-electron chi connectivity index (χ0n) is 11.5. The monoisotopic (exact) mass is 265 g/mol. The van der Waals surface area contributed by atoms with Gasteiger partial charge in [0.15, 0.2) is 0 Å². The highest BCUT2D eigenvalue weighted by Gasteiger charge is 2.52. The molecule has 3 rings (SSSR count). The van der Waals surface area contributed by atoms with Crippen molar-refractivity contribution in [2.45, 2.75) is 69.7 Å². The first kappa shape index (κ1) is 13.1. The van der Waals surface area contributed by atoms with Crippen molar-refractivity contribution in [1.29, 1.82) is 0 Å². The van der Waals surface area contributed by atoms with Crippen LogP contribution in [-0.4, -0.2) is 34.0 Å². The van der Waals surface area contributed by atoms with Gasteiger partial charge >= 0.3 is 0 Å². The van der Waals surface area contributed by atoms with Crippen LogP contribution in [0.3, 0.4) is 0 Å². The molecule has 0 radical (unpaired) electrons. The Morgan fingerprint density at radius 2 is 1.37 bits per heavy atom. The Balaban J connectivity index is 1.84. The van der Waals surface area contributed by atoms with Crippen molar-refractivity contribution in [3.05, 3.63) is 0 Å². The standard InChI is InChI=1S/C15H23NO3/c17-11-15(7-3-4-8-15)16-12(18)9-14(10-13(16)19)5-1-2-6-14/h17H,1-11H2. The molecule has 106 valence electrons. The third kappa shape index (κ3) is 2.00. The number of nitrogens with zero attached hydrogens (tertiary/aromatic N) is 1. The predicted molar refractivity (Wildman–Crippen MR) is 70.3 cm³/mol. The van der Waals surface area contributed by atoms with Crippen molar-refractivity contribution in [3.63, 3.8) is 0 Å². The highest BCUT2D eigenvalue weighted by molar-refractivity contribution is 5.99. The molecule has 0 atom stereocenters. The van der Waals surface area contributed by atoms with E-state index in [1.54, 1.807) is 0 Å². The molecule has 1 heterocycles. The molecular weight excluding hydrogens is 242 g/mol. The van der Waals surface area contributed by atoms with Gasteiger partial charge in [-0.15, -0.1) is 0 Å². The Bertz CT molecular complexity index is 372. The smallest absolute Gasteiger partial charge is 0.230 e. The molecule has 4 nitrogen and oxygen atoms in total. The van der Waals surface area contributed by atoms with Crippen molar-refractivity contribution in [3.8, 4) is 0 Å². The van der Waals surface area contributed by atoms with Gasteiger partial charge in [0.05, 0.1) is 12.1 Å². The van der Waals surface area contributed by atoms with E-state index in [9.17, 15) is 14.7 Å². The molecule has 0 unspecified atom stereocenters. The van der Waals surface area contributed by atoms with Gasteiger partial charge in [0.2, 0.25) is 11.8 Å². The minimum atomic E-state index is -0.575. The summed E-state index contributed by atoms with van der Waals surface area (Å²) in [6, 6.07) is 0. The summed E-state index contributed by atoms with van der Waals surface area (Å²) in [6.07, 6.45) is 8.90. The van der Waals surface area contributed by atoms with E-state index in [-0.39, 0.29) is 23.8 Å². The molecule has 2 saturated carbocycles. The number of aliphatic hydroxyl groups is 1. The number of carbonyl (C=O) groups is 2. The maximum Gasteiger partial charge on any atom is 0.230 e. The first-order chi connectivity index (χ1) is 9.11. The number of imide groups is 1. The second-order valence-corrected chi connectivity index (χ2v) is 6.77. The highest BCUT2D eigenvalue weighted by atomic mass is 16.3. The average molecular weight is 265 g/mol. The molecule has 1 spiro atoms. The number of rotatable bonds is 2. The maximum atomic E-state index is 12.5. The van der Waals surface area contributed by atoms with Gasteiger partial charge in [-0.3, -0.25) is 14.5 Å². The molecule has 1 aliphatic heterocycles. The van der Waals surface area contributed by atoms with Gasteiger partial charge in [-0.05, 0) is 31.1 Å². The molecule has 3 aliphatic rings. The van der Waals surface area contributed by atoms with Crippen LogP contribution < -0.4 is 0 Å². The number of likely N-dealkylation sites (tertiary alicyclic amines) is 1. The molecule has 0 bridgehead atoms. The molecule has 0 aromatic carbocycles. The van der Waals surface area contributed by atoms with Crippen LogP contribution in [0.2, 0.25) is 0 Å². The van der Waals surface area contributed by atoms with E-state index in [2.05, 4.69) is 0 Å². The minimum absolute atomic E-state index is 0.0332. The lowest BCUT2D eigenvalue weighted by atomic mass is 9.75. The molecule has 0 aromatic rings. The van der Waals surface area contributed by atoms with Crippen molar-refractivity contribution in [1.82, 2.24) is 4.90 Å². The molecule has 3 fully saturated rings.